The van der Waals surface area contributed by atoms with Crippen molar-refractivity contribution in [1.29, 1.82) is 0 Å². The topological polar surface area (TPSA) is 47.1 Å². The highest BCUT2D eigenvalue weighted by Gasteiger charge is 2.14. The summed E-state index contributed by atoms with van der Waals surface area (Å²) in [5.41, 5.74) is 7.28. The van der Waals surface area contributed by atoms with Crippen LogP contribution in [0.15, 0.2) is 12.1 Å². The second-order valence-corrected chi connectivity index (χ2v) is 6.46. The first-order valence-electron chi connectivity index (χ1n) is 6.56. The van der Waals surface area contributed by atoms with Gasteiger partial charge >= 0.3 is 0 Å². The Kier molecular flexibility index (Phi) is 4.05. The van der Waals surface area contributed by atoms with Gasteiger partial charge in [0, 0.05) is 43.8 Å². The molecule has 1 aliphatic heterocycles. The van der Waals surface area contributed by atoms with Gasteiger partial charge in [-0.15, -0.1) is 0 Å². The van der Waals surface area contributed by atoms with E-state index in [0.29, 0.717) is 23.5 Å². The molecule has 2 aromatic rings. The van der Waals surface area contributed by atoms with E-state index in [1.165, 1.54) is 23.6 Å². The standard InChI is InChI=1S/C13H16ClFN4S/c14-9-7-11-12(8-10(9)15)19(13(16)17-11)2-1-18-3-5-20-6-4-18/h7-8H,1-6H2,(H2,16,17). The molecule has 4 nitrogen and oxygen atoms in total. The number of hydrogen-bond donors (Lipinski definition) is 1. The largest absolute Gasteiger partial charge is 0.369 e. The van der Waals surface area contributed by atoms with Crippen LogP contribution in [0.2, 0.25) is 5.02 Å². The van der Waals surface area contributed by atoms with Crippen molar-refractivity contribution in [2.75, 3.05) is 36.9 Å². The van der Waals surface area contributed by atoms with Gasteiger partial charge in [-0.25, -0.2) is 9.37 Å². The molecule has 0 radical (unpaired) electrons. The molecular formula is C13H16ClFN4S. The molecule has 0 aliphatic carbocycles. The summed E-state index contributed by atoms with van der Waals surface area (Å²) in [7, 11) is 0. The second-order valence-electron chi connectivity index (χ2n) is 4.83. The van der Waals surface area contributed by atoms with E-state index in [9.17, 15) is 4.39 Å². The molecule has 1 aromatic carbocycles. The van der Waals surface area contributed by atoms with Gasteiger partial charge < -0.3 is 10.3 Å². The van der Waals surface area contributed by atoms with Gasteiger partial charge in [0.15, 0.2) is 0 Å². The molecule has 0 atom stereocenters. The Balaban J connectivity index is 1.83. The van der Waals surface area contributed by atoms with Crippen LogP contribution in [-0.4, -0.2) is 45.6 Å². The Morgan fingerprint density at radius 2 is 2.05 bits per heavy atom. The Morgan fingerprint density at radius 3 is 2.80 bits per heavy atom. The van der Waals surface area contributed by atoms with E-state index in [4.69, 9.17) is 17.3 Å². The molecule has 0 saturated carbocycles. The number of halogens is 2. The second kappa shape index (κ2) is 5.79. The van der Waals surface area contributed by atoms with Gasteiger partial charge in [0.1, 0.15) is 5.82 Å². The summed E-state index contributed by atoms with van der Waals surface area (Å²) in [6.45, 7) is 3.81. The number of nitrogens with zero attached hydrogens (tertiary/aromatic N) is 3. The molecule has 0 bridgehead atoms. The number of imidazole rings is 1. The lowest BCUT2D eigenvalue weighted by molar-refractivity contribution is 0.291. The molecule has 0 unspecified atom stereocenters. The fraction of sp³-hybridized carbons (Fsp3) is 0.462. The minimum atomic E-state index is -0.435. The van der Waals surface area contributed by atoms with Gasteiger partial charge in [-0.2, -0.15) is 11.8 Å². The first kappa shape index (κ1) is 14.0. The van der Waals surface area contributed by atoms with Crippen molar-refractivity contribution in [2.45, 2.75) is 6.54 Å². The molecule has 1 aromatic heterocycles. The lowest BCUT2D eigenvalue weighted by atomic mass is 10.3. The number of hydrogen-bond acceptors (Lipinski definition) is 4. The smallest absolute Gasteiger partial charge is 0.201 e. The lowest BCUT2D eigenvalue weighted by Crippen LogP contribution is -2.35. The summed E-state index contributed by atoms with van der Waals surface area (Å²) in [5.74, 6) is 2.32. The third kappa shape index (κ3) is 2.73. The third-order valence-electron chi connectivity index (χ3n) is 3.56. The number of nitrogen functional groups attached to an aromatic ring is 1. The quantitative estimate of drug-likeness (QED) is 0.945. The maximum atomic E-state index is 13.6. The summed E-state index contributed by atoms with van der Waals surface area (Å²) < 4.78 is 15.5. The van der Waals surface area contributed by atoms with E-state index in [1.807, 2.05) is 16.3 Å². The zero-order valence-corrected chi connectivity index (χ0v) is 12.6. The van der Waals surface area contributed by atoms with Crippen molar-refractivity contribution in [1.82, 2.24) is 14.5 Å². The van der Waals surface area contributed by atoms with E-state index in [2.05, 4.69) is 9.88 Å². The number of thioether (sulfide) groups is 1. The van der Waals surface area contributed by atoms with Gasteiger partial charge in [0.2, 0.25) is 5.95 Å². The van der Waals surface area contributed by atoms with Crippen LogP contribution in [0.5, 0.6) is 0 Å². The fourth-order valence-corrected chi connectivity index (χ4v) is 3.58. The molecule has 1 aliphatic rings. The third-order valence-corrected chi connectivity index (χ3v) is 4.80. The highest BCUT2D eigenvalue weighted by atomic mass is 35.5. The molecule has 3 rings (SSSR count). The molecule has 20 heavy (non-hydrogen) atoms. The molecule has 1 fully saturated rings. The summed E-state index contributed by atoms with van der Waals surface area (Å²) in [5, 5.41) is 0.0789. The molecule has 2 heterocycles. The molecular weight excluding hydrogens is 299 g/mol. The normalized spacial score (nSPS) is 16.9. The first-order valence-corrected chi connectivity index (χ1v) is 8.09. The SMILES string of the molecule is Nc1nc2cc(Cl)c(F)cc2n1CCN1CCSCC1. The van der Waals surface area contributed by atoms with Crippen LogP contribution in [-0.2, 0) is 6.54 Å². The predicted octanol–water partition coefficient (Wildman–Crippen LogP) is 2.46. The summed E-state index contributed by atoms with van der Waals surface area (Å²) >= 11 is 7.75. The molecule has 108 valence electrons. The average Bonchev–Trinajstić information content (AvgIpc) is 2.73. The monoisotopic (exact) mass is 314 g/mol. The fourth-order valence-electron chi connectivity index (χ4n) is 2.44. The summed E-state index contributed by atoms with van der Waals surface area (Å²) in [4.78, 5) is 6.64. The number of rotatable bonds is 3. The average molecular weight is 315 g/mol. The van der Waals surface area contributed by atoms with Crippen molar-refractivity contribution < 1.29 is 4.39 Å². The highest BCUT2D eigenvalue weighted by molar-refractivity contribution is 7.99. The van der Waals surface area contributed by atoms with Crippen LogP contribution in [0, 0.1) is 5.82 Å². The zero-order valence-electron chi connectivity index (χ0n) is 11.0. The van der Waals surface area contributed by atoms with Crippen LogP contribution >= 0.6 is 23.4 Å². The Labute approximate surface area is 126 Å². The minimum absolute atomic E-state index is 0.0789. The lowest BCUT2D eigenvalue weighted by Gasteiger charge is -2.26. The van der Waals surface area contributed by atoms with Gasteiger partial charge in [0.25, 0.3) is 0 Å². The van der Waals surface area contributed by atoms with Crippen molar-refractivity contribution in [3.63, 3.8) is 0 Å². The number of anilines is 1. The number of nitrogens with two attached hydrogens (primary N) is 1. The van der Waals surface area contributed by atoms with Crippen molar-refractivity contribution in [3.8, 4) is 0 Å². The summed E-state index contributed by atoms with van der Waals surface area (Å²) in [6.07, 6.45) is 0. The van der Waals surface area contributed by atoms with Gasteiger partial charge in [-0.05, 0) is 6.07 Å². The Bertz CT molecular complexity index is 624. The molecule has 1 saturated heterocycles. The number of benzene rings is 1. The zero-order chi connectivity index (χ0) is 14.1. The van der Waals surface area contributed by atoms with Crippen molar-refractivity contribution in [3.05, 3.63) is 23.0 Å². The van der Waals surface area contributed by atoms with Crippen LogP contribution in [0.3, 0.4) is 0 Å². The first-order chi connectivity index (χ1) is 9.65. The Hall–Kier alpha value is -0.980. The highest BCUT2D eigenvalue weighted by Crippen LogP contribution is 2.24. The maximum Gasteiger partial charge on any atom is 0.201 e. The van der Waals surface area contributed by atoms with Crippen LogP contribution in [0.4, 0.5) is 10.3 Å². The summed E-state index contributed by atoms with van der Waals surface area (Å²) in [6, 6.07) is 2.93. The molecule has 2 N–H and O–H groups in total. The minimum Gasteiger partial charge on any atom is -0.369 e. The molecule has 0 amide bonds. The Morgan fingerprint density at radius 1 is 1.30 bits per heavy atom. The molecule has 7 heteroatoms. The predicted molar refractivity (Wildman–Crippen MR) is 82.9 cm³/mol. The van der Waals surface area contributed by atoms with E-state index >= 15 is 0 Å². The maximum absolute atomic E-state index is 13.6. The van der Waals surface area contributed by atoms with E-state index in [0.717, 1.165) is 19.6 Å². The number of fused-ring (bicyclic) bond motifs is 1. The van der Waals surface area contributed by atoms with Crippen molar-refractivity contribution >= 4 is 40.3 Å². The van der Waals surface area contributed by atoms with Gasteiger partial charge in [-0.3, -0.25) is 4.90 Å². The van der Waals surface area contributed by atoms with Crippen molar-refractivity contribution in [2.24, 2.45) is 0 Å². The van der Waals surface area contributed by atoms with E-state index < -0.39 is 5.82 Å². The molecule has 0 spiro atoms. The van der Waals surface area contributed by atoms with Gasteiger partial charge in [0.05, 0.1) is 16.1 Å². The van der Waals surface area contributed by atoms with Gasteiger partial charge in [-0.1, -0.05) is 11.6 Å². The van der Waals surface area contributed by atoms with E-state index in [1.54, 1.807) is 0 Å². The van der Waals surface area contributed by atoms with E-state index in [-0.39, 0.29) is 5.02 Å². The number of aromatic nitrogens is 2. The van der Waals surface area contributed by atoms with Crippen LogP contribution in [0.25, 0.3) is 11.0 Å². The van der Waals surface area contributed by atoms with Crippen LogP contribution in [0.1, 0.15) is 0 Å². The van der Waals surface area contributed by atoms with Crippen LogP contribution < -0.4 is 5.73 Å².